The largest absolute Gasteiger partial charge is 0.497 e. The van der Waals surface area contributed by atoms with Crippen molar-refractivity contribution in [2.24, 2.45) is 0 Å². The number of hydrogen-bond donors (Lipinski definition) is 0. The second kappa shape index (κ2) is 8.98. The average molecular weight is 440 g/mol. The maximum Gasteiger partial charge on any atom is 0.299 e. The number of nitro groups is 2. The Bertz CT molecular complexity index is 1120. The highest BCUT2D eigenvalue weighted by molar-refractivity contribution is 5.67. The van der Waals surface area contributed by atoms with Crippen LogP contribution in [0, 0.1) is 20.2 Å². The molecule has 0 N–H and O–H groups in total. The highest BCUT2D eigenvalue weighted by Crippen LogP contribution is 2.32. The Morgan fingerprint density at radius 3 is 2.38 bits per heavy atom. The summed E-state index contributed by atoms with van der Waals surface area (Å²) in [5.74, 6) is 1.71. The zero-order valence-corrected chi connectivity index (χ0v) is 17.2. The zero-order chi connectivity index (χ0) is 22.7. The summed E-state index contributed by atoms with van der Waals surface area (Å²) in [5.41, 5.74) is 0.618. The molecule has 0 bridgehead atoms. The van der Waals surface area contributed by atoms with Crippen LogP contribution in [-0.4, -0.2) is 58.2 Å². The molecule has 0 aliphatic carbocycles. The lowest BCUT2D eigenvalue weighted by atomic mass is 10.2. The third-order valence-corrected chi connectivity index (χ3v) is 5.25. The molecule has 3 aromatic rings. The number of nitrogens with zero attached hydrogens (tertiary/aromatic N) is 6. The zero-order valence-electron chi connectivity index (χ0n) is 17.2. The second-order valence-corrected chi connectivity index (χ2v) is 7.19. The molecule has 1 aliphatic heterocycles. The highest BCUT2D eigenvalue weighted by Gasteiger charge is 2.27. The predicted octanol–water partition coefficient (Wildman–Crippen LogP) is 2.88. The van der Waals surface area contributed by atoms with Crippen molar-refractivity contribution in [3.05, 3.63) is 68.6 Å². The van der Waals surface area contributed by atoms with Gasteiger partial charge in [0.05, 0.1) is 29.6 Å². The van der Waals surface area contributed by atoms with Crippen LogP contribution >= 0.6 is 0 Å². The smallest absolute Gasteiger partial charge is 0.299 e. The van der Waals surface area contributed by atoms with Crippen molar-refractivity contribution in [2.45, 2.75) is 6.54 Å². The quantitative estimate of drug-likeness (QED) is 0.398. The molecule has 0 atom stereocenters. The van der Waals surface area contributed by atoms with Crippen molar-refractivity contribution in [1.29, 1.82) is 0 Å². The first kappa shape index (κ1) is 21.2. The van der Waals surface area contributed by atoms with E-state index in [0.29, 0.717) is 50.1 Å². The van der Waals surface area contributed by atoms with Gasteiger partial charge in [0.15, 0.2) is 0 Å². The molecule has 32 heavy (non-hydrogen) atoms. The van der Waals surface area contributed by atoms with Gasteiger partial charge in [0.2, 0.25) is 11.7 Å². The van der Waals surface area contributed by atoms with E-state index in [1.54, 1.807) is 7.11 Å². The number of nitro benzene ring substituents is 2. The van der Waals surface area contributed by atoms with Gasteiger partial charge in [-0.05, 0) is 30.3 Å². The molecule has 2 aromatic carbocycles. The van der Waals surface area contributed by atoms with E-state index in [9.17, 15) is 20.2 Å². The number of methoxy groups -OCH3 is 1. The Balaban J connectivity index is 1.39. The van der Waals surface area contributed by atoms with Gasteiger partial charge in [-0.1, -0.05) is 5.16 Å². The molecular weight excluding hydrogens is 420 g/mol. The van der Waals surface area contributed by atoms with Gasteiger partial charge in [-0.3, -0.25) is 25.1 Å². The monoisotopic (exact) mass is 440 g/mol. The summed E-state index contributed by atoms with van der Waals surface area (Å²) in [7, 11) is 1.60. The van der Waals surface area contributed by atoms with Gasteiger partial charge in [-0.2, -0.15) is 4.98 Å². The number of non-ortho nitro benzene ring substituents is 1. The Morgan fingerprint density at radius 2 is 1.75 bits per heavy atom. The van der Waals surface area contributed by atoms with Crippen LogP contribution in [0.15, 0.2) is 47.0 Å². The summed E-state index contributed by atoms with van der Waals surface area (Å²) in [6.07, 6.45) is 0. The number of benzene rings is 2. The van der Waals surface area contributed by atoms with Crippen molar-refractivity contribution in [3.63, 3.8) is 0 Å². The number of rotatable bonds is 7. The normalized spacial score (nSPS) is 14.3. The van der Waals surface area contributed by atoms with Crippen LogP contribution < -0.4 is 9.64 Å². The molecule has 1 aromatic heterocycles. The Kier molecular flexibility index (Phi) is 5.94. The predicted molar refractivity (Wildman–Crippen MR) is 114 cm³/mol. The molecule has 0 spiro atoms. The van der Waals surface area contributed by atoms with Crippen LogP contribution in [0.1, 0.15) is 5.89 Å². The van der Waals surface area contributed by atoms with Gasteiger partial charge in [0.1, 0.15) is 11.4 Å². The fraction of sp³-hybridized carbons (Fsp3) is 0.300. The minimum atomic E-state index is -0.640. The van der Waals surface area contributed by atoms with Crippen LogP contribution in [0.2, 0.25) is 0 Å². The van der Waals surface area contributed by atoms with Crippen molar-refractivity contribution < 1.29 is 19.1 Å². The fourth-order valence-electron chi connectivity index (χ4n) is 3.55. The molecular formula is C20H20N6O6. The lowest BCUT2D eigenvalue weighted by Gasteiger charge is -2.35. The van der Waals surface area contributed by atoms with Gasteiger partial charge < -0.3 is 14.2 Å². The van der Waals surface area contributed by atoms with Crippen molar-refractivity contribution in [1.82, 2.24) is 15.0 Å². The van der Waals surface area contributed by atoms with E-state index in [1.165, 1.54) is 12.1 Å². The summed E-state index contributed by atoms with van der Waals surface area (Å²) in [6.45, 7) is 2.75. The highest BCUT2D eigenvalue weighted by atomic mass is 16.6. The fourth-order valence-corrected chi connectivity index (χ4v) is 3.55. The molecule has 2 heterocycles. The van der Waals surface area contributed by atoms with E-state index in [1.807, 2.05) is 29.2 Å². The Morgan fingerprint density at radius 1 is 1.03 bits per heavy atom. The van der Waals surface area contributed by atoms with E-state index >= 15 is 0 Å². The average Bonchev–Trinajstić information content (AvgIpc) is 3.27. The minimum Gasteiger partial charge on any atom is -0.497 e. The minimum absolute atomic E-state index is 0.270. The maximum absolute atomic E-state index is 11.4. The molecule has 1 fully saturated rings. The molecule has 0 unspecified atom stereocenters. The van der Waals surface area contributed by atoms with Crippen LogP contribution in [0.3, 0.4) is 0 Å². The second-order valence-electron chi connectivity index (χ2n) is 7.19. The molecule has 4 rings (SSSR count). The number of piperazine rings is 1. The Labute approximate surface area is 182 Å². The summed E-state index contributed by atoms with van der Waals surface area (Å²) in [4.78, 5) is 29.5. The number of ether oxygens (including phenoxy) is 1. The van der Waals surface area contributed by atoms with Gasteiger partial charge in [0.25, 0.3) is 11.4 Å². The Hall–Kier alpha value is -4.06. The molecule has 0 amide bonds. The number of anilines is 1. The standard InChI is InChI=1S/C20H20N6O6/c1-31-16-5-2-14(3-6-16)20-21-19(32-22-20)13-23-8-10-24(11-9-23)17-7-4-15(25(27)28)12-18(17)26(29)30/h2-7,12H,8-11,13H2,1H3. The topological polar surface area (TPSA) is 141 Å². The van der Waals surface area contributed by atoms with Gasteiger partial charge in [0, 0.05) is 37.8 Å². The first-order valence-electron chi connectivity index (χ1n) is 9.82. The lowest BCUT2D eigenvalue weighted by molar-refractivity contribution is -0.393. The van der Waals surface area contributed by atoms with E-state index < -0.39 is 9.85 Å². The van der Waals surface area contributed by atoms with Gasteiger partial charge in [-0.25, -0.2) is 0 Å². The van der Waals surface area contributed by atoms with Gasteiger partial charge >= 0.3 is 0 Å². The van der Waals surface area contributed by atoms with Crippen LogP contribution in [0.25, 0.3) is 11.4 Å². The van der Waals surface area contributed by atoms with E-state index in [-0.39, 0.29) is 11.4 Å². The van der Waals surface area contributed by atoms with Crippen molar-refractivity contribution in [3.8, 4) is 17.1 Å². The van der Waals surface area contributed by atoms with E-state index in [2.05, 4.69) is 15.0 Å². The summed E-state index contributed by atoms with van der Waals surface area (Å²) in [6, 6.07) is 11.1. The molecule has 166 valence electrons. The number of hydrogen-bond acceptors (Lipinski definition) is 10. The van der Waals surface area contributed by atoms with Crippen LogP contribution in [-0.2, 0) is 6.54 Å². The third-order valence-electron chi connectivity index (χ3n) is 5.25. The third kappa shape index (κ3) is 4.49. The number of aromatic nitrogens is 2. The molecule has 0 radical (unpaired) electrons. The SMILES string of the molecule is COc1ccc(-c2noc(CN3CCN(c4ccc([N+](=O)[O-])cc4[N+](=O)[O-])CC3)n2)cc1. The molecule has 12 nitrogen and oxygen atoms in total. The molecule has 0 saturated carbocycles. The molecule has 1 aliphatic rings. The van der Waals surface area contributed by atoms with Crippen LogP contribution in [0.5, 0.6) is 5.75 Å². The van der Waals surface area contributed by atoms with Crippen molar-refractivity contribution >= 4 is 17.1 Å². The van der Waals surface area contributed by atoms with Crippen LogP contribution in [0.4, 0.5) is 17.1 Å². The molecule has 12 heteroatoms. The summed E-state index contributed by atoms with van der Waals surface area (Å²) in [5, 5.41) is 26.4. The van der Waals surface area contributed by atoms with E-state index in [0.717, 1.165) is 17.4 Å². The summed E-state index contributed by atoms with van der Waals surface area (Å²) >= 11 is 0. The lowest BCUT2D eigenvalue weighted by Crippen LogP contribution is -2.46. The van der Waals surface area contributed by atoms with Crippen molar-refractivity contribution in [2.75, 3.05) is 38.2 Å². The molecule has 1 saturated heterocycles. The maximum atomic E-state index is 11.4. The first-order valence-corrected chi connectivity index (χ1v) is 9.82. The summed E-state index contributed by atoms with van der Waals surface area (Å²) < 4.78 is 10.5. The van der Waals surface area contributed by atoms with Gasteiger partial charge in [-0.15, -0.1) is 0 Å². The first-order chi connectivity index (χ1) is 15.4. The van der Waals surface area contributed by atoms with E-state index in [4.69, 9.17) is 9.26 Å².